The van der Waals surface area contributed by atoms with Crippen LogP contribution in [-0.2, 0) is 9.53 Å². The molecule has 5 heteroatoms. The number of carbonyl (C=O) groups excluding carboxylic acids is 1. The average molecular weight is 202 g/mol. The second-order valence-electron chi connectivity index (χ2n) is 2.15. The van der Waals surface area contributed by atoms with Crippen LogP contribution in [-0.4, -0.2) is 25.2 Å². The first-order valence-corrected chi connectivity index (χ1v) is 3.21. The maximum absolute atomic E-state index is 10.5. The van der Waals surface area contributed by atoms with Crippen molar-refractivity contribution in [2.75, 3.05) is 13.2 Å². The molecule has 1 atom stereocenters. The van der Waals surface area contributed by atoms with Gasteiger partial charge < -0.3 is 10.1 Å². The molecule has 0 unspecified atom stereocenters. The van der Waals surface area contributed by atoms with Crippen LogP contribution in [0.5, 0.6) is 0 Å². The number of hydrogen-bond donors (Lipinski definition) is 1. The van der Waals surface area contributed by atoms with Crippen molar-refractivity contribution in [2.45, 2.75) is 19.4 Å². The fourth-order valence-electron chi connectivity index (χ4n) is 0.793. The highest BCUT2D eigenvalue weighted by molar-refractivity contribution is 5.85. The molecule has 1 fully saturated rings. The van der Waals surface area contributed by atoms with Gasteiger partial charge in [-0.05, 0) is 6.42 Å². The van der Waals surface area contributed by atoms with Gasteiger partial charge in [0.1, 0.15) is 6.61 Å². The predicted octanol–water partition coefficient (Wildman–Crippen LogP) is 0.755. The number of morpholine rings is 1. The minimum atomic E-state index is -0.000278. The molecule has 0 saturated carbocycles. The molecule has 1 aliphatic heterocycles. The molecular formula is C6H13Cl2NO2. The predicted molar refractivity (Wildman–Crippen MR) is 47.5 cm³/mol. The van der Waals surface area contributed by atoms with E-state index in [1.807, 2.05) is 6.92 Å². The van der Waals surface area contributed by atoms with E-state index >= 15 is 0 Å². The Labute approximate surface area is 78.7 Å². The van der Waals surface area contributed by atoms with Gasteiger partial charge in [-0.1, -0.05) is 6.92 Å². The monoisotopic (exact) mass is 201 g/mol. The van der Waals surface area contributed by atoms with E-state index in [0.29, 0.717) is 6.54 Å². The summed E-state index contributed by atoms with van der Waals surface area (Å²) in [5.41, 5.74) is 0. The SMILES string of the molecule is CC[C@H]1CNC(=O)CO1.Cl.Cl. The lowest BCUT2D eigenvalue weighted by Gasteiger charge is -2.21. The second kappa shape index (κ2) is 6.70. The number of ether oxygens (including phenoxy) is 1. The average Bonchev–Trinajstić information content (AvgIpc) is 1.90. The summed E-state index contributed by atoms with van der Waals surface area (Å²) >= 11 is 0. The van der Waals surface area contributed by atoms with E-state index in [2.05, 4.69) is 5.32 Å². The largest absolute Gasteiger partial charge is 0.367 e. The molecule has 1 heterocycles. The van der Waals surface area contributed by atoms with Crippen molar-refractivity contribution in [3.8, 4) is 0 Å². The molecule has 0 radical (unpaired) electrons. The van der Waals surface area contributed by atoms with Gasteiger partial charge in [-0.25, -0.2) is 0 Å². The molecule has 0 spiro atoms. The Morgan fingerprint density at radius 1 is 1.64 bits per heavy atom. The third-order valence-corrected chi connectivity index (χ3v) is 1.43. The van der Waals surface area contributed by atoms with Crippen LogP contribution < -0.4 is 5.32 Å². The molecule has 11 heavy (non-hydrogen) atoms. The van der Waals surface area contributed by atoms with Crippen molar-refractivity contribution in [2.24, 2.45) is 0 Å². The molecule has 1 N–H and O–H groups in total. The lowest BCUT2D eigenvalue weighted by Crippen LogP contribution is -2.42. The summed E-state index contributed by atoms with van der Waals surface area (Å²) in [6.07, 6.45) is 1.21. The summed E-state index contributed by atoms with van der Waals surface area (Å²) in [6.45, 7) is 2.95. The second-order valence-corrected chi connectivity index (χ2v) is 2.15. The third kappa shape index (κ3) is 4.45. The van der Waals surface area contributed by atoms with E-state index in [1.165, 1.54) is 0 Å². The highest BCUT2D eigenvalue weighted by atomic mass is 35.5. The van der Waals surface area contributed by atoms with Gasteiger partial charge in [-0.15, -0.1) is 24.8 Å². The highest BCUT2D eigenvalue weighted by Gasteiger charge is 2.15. The van der Waals surface area contributed by atoms with Crippen LogP contribution >= 0.6 is 24.8 Å². The van der Waals surface area contributed by atoms with Gasteiger partial charge in [0.15, 0.2) is 0 Å². The van der Waals surface area contributed by atoms with Crippen molar-refractivity contribution < 1.29 is 9.53 Å². The molecule has 0 bridgehead atoms. The molecule has 1 aliphatic rings. The van der Waals surface area contributed by atoms with E-state index in [4.69, 9.17) is 4.74 Å². The van der Waals surface area contributed by atoms with Gasteiger partial charge in [0.05, 0.1) is 6.10 Å². The molecule has 68 valence electrons. The number of rotatable bonds is 1. The summed E-state index contributed by atoms with van der Waals surface area (Å²) in [6, 6.07) is 0. The number of amides is 1. The number of hydrogen-bond acceptors (Lipinski definition) is 2. The normalized spacial score (nSPS) is 22.6. The maximum atomic E-state index is 10.5. The van der Waals surface area contributed by atoms with Crippen molar-refractivity contribution >= 4 is 30.7 Å². The van der Waals surface area contributed by atoms with Crippen LogP contribution in [0.15, 0.2) is 0 Å². The minimum Gasteiger partial charge on any atom is -0.367 e. The third-order valence-electron chi connectivity index (χ3n) is 1.43. The molecule has 3 nitrogen and oxygen atoms in total. The zero-order valence-electron chi connectivity index (χ0n) is 6.33. The highest BCUT2D eigenvalue weighted by Crippen LogP contribution is 1.99. The standard InChI is InChI=1S/C6H11NO2.2ClH/c1-2-5-3-7-6(8)4-9-5;;/h5H,2-4H2,1H3,(H,7,8);2*1H/t5-;;/m0../s1. The molecule has 1 saturated heterocycles. The maximum Gasteiger partial charge on any atom is 0.246 e. The summed E-state index contributed by atoms with van der Waals surface area (Å²) in [7, 11) is 0. The van der Waals surface area contributed by atoms with Crippen LogP contribution in [0.3, 0.4) is 0 Å². The molecule has 0 aliphatic carbocycles. The van der Waals surface area contributed by atoms with E-state index in [1.54, 1.807) is 0 Å². The smallest absolute Gasteiger partial charge is 0.246 e. The quantitative estimate of drug-likeness (QED) is 0.681. The molecule has 1 amide bonds. The van der Waals surface area contributed by atoms with Crippen LogP contribution in [0.2, 0.25) is 0 Å². The van der Waals surface area contributed by atoms with Gasteiger partial charge in [-0.3, -0.25) is 4.79 Å². The Morgan fingerprint density at radius 2 is 2.27 bits per heavy atom. The zero-order valence-corrected chi connectivity index (χ0v) is 7.96. The fraction of sp³-hybridized carbons (Fsp3) is 0.833. The first-order chi connectivity index (χ1) is 4.33. The molecule has 0 aromatic heterocycles. The van der Waals surface area contributed by atoms with Crippen LogP contribution in [0.25, 0.3) is 0 Å². The summed E-state index contributed by atoms with van der Waals surface area (Å²) < 4.78 is 5.13. The summed E-state index contributed by atoms with van der Waals surface area (Å²) in [4.78, 5) is 10.5. The van der Waals surface area contributed by atoms with E-state index < -0.39 is 0 Å². The van der Waals surface area contributed by atoms with Crippen molar-refractivity contribution in [3.63, 3.8) is 0 Å². The first-order valence-electron chi connectivity index (χ1n) is 3.21. The first kappa shape index (κ1) is 13.6. The zero-order chi connectivity index (χ0) is 6.69. The molecule has 0 aromatic carbocycles. The number of nitrogens with one attached hydrogen (secondary N) is 1. The minimum absolute atomic E-state index is 0. The van der Waals surface area contributed by atoms with E-state index in [0.717, 1.165) is 6.42 Å². The molecular weight excluding hydrogens is 189 g/mol. The van der Waals surface area contributed by atoms with Gasteiger partial charge >= 0.3 is 0 Å². The van der Waals surface area contributed by atoms with Gasteiger partial charge in [0, 0.05) is 6.54 Å². The Balaban J connectivity index is 0. The number of halogens is 2. The van der Waals surface area contributed by atoms with E-state index in [-0.39, 0.29) is 43.4 Å². The topological polar surface area (TPSA) is 38.3 Å². The Bertz CT molecular complexity index is 111. The lowest BCUT2D eigenvalue weighted by molar-refractivity contribution is -0.133. The number of carbonyl (C=O) groups is 1. The van der Waals surface area contributed by atoms with Gasteiger partial charge in [0.25, 0.3) is 0 Å². The summed E-state index contributed by atoms with van der Waals surface area (Å²) in [5.74, 6) is -0.000278. The van der Waals surface area contributed by atoms with E-state index in [9.17, 15) is 4.79 Å². The van der Waals surface area contributed by atoms with Crippen LogP contribution in [0.1, 0.15) is 13.3 Å². The van der Waals surface area contributed by atoms with Crippen LogP contribution in [0.4, 0.5) is 0 Å². The summed E-state index contributed by atoms with van der Waals surface area (Å²) in [5, 5.41) is 2.72. The molecule has 0 aromatic rings. The Morgan fingerprint density at radius 3 is 2.64 bits per heavy atom. The van der Waals surface area contributed by atoms with Crippen LogP contribution in [0, 0.1) is 0 Å². The fourth-order valence-corrected chi connectivity index (χ4v) is 0.793. The Kier molecular flexibility index (Phi) is 8.28. The van der Waals surface area contributed by atoms with Crippen molar-refractivity contribution in [1.29, 1.82) is 0 Å². The van der Waals surface area contributed by atoms with Crippen molar-refractivity contribution in [1.82, 2.24) is 5.32 Å². The Hall–Kier alpha value is 0.01000. The van der Waals surface area contributed by atoms with Gasteiger partial charge in [-0.2, -0.15) is 0 Å². The molecule has 1 rings (SSSR count). The van der Waals surface area contributed by atoms with Crippen molar-refractivity contribution in [3.05, 3.63) is 0 Å². The van der Waals surface area contributed by atoms with Gasteiger partial charge in [0.2, 0.25) is 5.91 Å². The lowest BCUT2D eigenvalue weighted by atomic mass is 10.2.